The van der Waals surface area contributed by atoms with Crippen molar-refractivity contribution < 1.29 is 14.6 Å². The lowest BCUT2D eigenvalue weighted by Gasteiger charge is -2.51. The minimum atomic E-state index is 0.0390. The molecule has 3 aliphatic carbocycles. The summed E-state index contributed by atoms with van der Waals surface area (Å²) >= 11 is 0. The van der Waals surface area contributed by atoms with Crippen LogP contribution >= 0.6 is 0 Å². The van der Waals surface area contributed by atoms with Crippen LogP contribution in [0.4, 0.5) is 0 Å². The molecule has 6 atom stereocenters. The highest BCUT2D eigenvalue weighted by molar-refractivity contribution is 5.40. The van der Waals surface area contributed by atoms with E-state index < -0.39 is 0 Å². The number of fused-ring (bicyclic) bond motifs is 5. The van der Waals surface area contributed by atoms with Gasteiger partial charge in [-0.15, -0.1) is 0 Å². The summed E-state index contributed by atoms with van der Waals surface area (Å²) in [7, 11) is 0. The van der Waals surface area contributed by atoms with E-state index in [-0.39, 0.29) is 6.29 Å². The summed E-state index contributed by atoms with van der Waals surface area (Å²) in [5.74, 6) is 2.66. The lowest BCUT2D eigenvalue weighted by molar-refractivity contribution is -0.212. The summed E-state index contributed by atoms with van der Waals surface area (Å²) in [6.07, 6.45) is 11.3. The second-order valence-electron chi connectivity index (χ2n) is 9.34. The zero-order chi connectivity index (χ0) is 17.7. The van der Waals surface area contributed by atoms with Gasteiger partial charge in [-0.3, -0.25) is 0 Å². The molecule has 1 saturated heterocycles. The van der Waals surface area contributed by atoms with Crippen LogP contribution in [0.2, 0.25) is 0 Å². The highest BCUT2D eigenvalue weighted by Crippen LogP contribution is 2.61. The van der Waals surface area contributed by atoms with Gasteiger partial charge >= 0.3 is 0 Å². The van der Waals surface area contributed by atoms with Gasteiger partial charge in [0.1, 0.15) is 5.75 Å². The van der Waals surface area contributed by atoms with Crippen molar-refractivity contribution in [2.45, 2.75) is 83.0 Å². The predicted octanol–water partition coefficient (Wildman–Crippen LogP) is 5.16. The SMILES string of the molecule is C[C@]12CC[C@@H]3c4ccc(O)cc4CC[C@H]3[C@@H]1CC[C@@H]2OC1CCCCO1. The van der Waals surface area contributed by atoms with Crippen molar-refractivity contribution in [3.63, 3.8) is 0 Å². The first-order valence-corrected chi connectivity index (χ1v) is 10.7. The molecule has 3 heteroatoms. The molecule has 142 valence electrons. The first-order valence-electron chi connectivity index (χ1n) is 10.7. The first kappa shape index (κ1) is 17.1. The largest absolute Gasteiger partial charge is 0.508 e. The van der Waals surface area contributed by atoms with Gasteiger partial charge in [0.15, 0.2) is 6.29 Å². The second kappa shape index (κ2) is 6.53. The summed E-state index contributed by atoms with van der Waals surface area (Å²) in [6, 6.07) is 6.08. The molecule has 5 rings (SSSR count). The fourth-order valence-electron chi connectivity index (χ4n) is 6.75. The van der Waals surface area contributed by atoms with E-state index in [9.17, 15) is 5.11 Å². The molecule has 3 fully saturated rings. The average molecular weight is 357 g/mol. The smallest absolute Gasteiger partial charge is 0.157 e. The number of aromatic hydroxyl groups is 1. The fourth-order valence-corrected chi connectivity index (χ4v) is 6.75. The Morgan fingerprint density at radius 1 is 1.12 bits per heavy atom. The second-order valence-corrected chi connectivity index (χ2v) is 9.34. The Balaban J connectivity index is 1.36. The van der Waals surface area contributed by atoms with Gasteiger partial charge in [-0.2, -0.15) is 0 Å². The van der Waals surface area contributed by atoms with Gasteiger partial charge < -0.3 is 14.6 Å². The number of hydrogen-bond acceptors (Lipinski definition) is 3. The van der Waals surface area contributed by atoms with E-state index in [1.54, 1.807) is 0 Å². The molecule has 0 amide bonds. The van der Waals surface area contributed by atoms with Crippen molar-refractivity contribution in [3.05, 3.63) is 29.3 Å². The maximum absolute atomic E-state index is 9.84. The summed E-state index contributed by atoms with van der Waals surface area (Å²) in [6.45, 7) is 3.37. The molecule has 0 aromatic heterocycles. The van der Waals surface area contributed by atoms with E-state index in [1.807, 2.05) is 12.1 Å². The van der Waals surface area contributed by atoms with Crippen LogP contribution in [0.1, 0.15) is 75.3 Å². The third-order valence-electron chi connectivity index (χ3n) is 8.08. The summed E-state index contributed by atoms with van der Waals surface area (Å²) in [4.78, 5) is 0. The van der Waals surface area contributed by atoms with E-state index in [2.05, 4.69) is 13.0 Å². The molecular formula is C23H32O3. The van der Waals surface area contributed by atoms with Crippen LogP contribution < -0.4 is 0 Å². The van der Waals surface area contributed by atoms with Crippen LogP contribution in [0.25, 0.3) is 0 Å². The quantitative estimate of drug-likeness (QED) is 0.795. The van der Waals surface area contributed by atoms with E-state index >= 15 is 0 Å². The van der Waals surface area contributed by atoms with Gasteiger partial charge in [-0.25, -0.2) is 0 Å². The molecule has 3 nitrogen and oxygen atoms in total. The lowest BCUT2D eigenvalue weighted by Crippen LogP contribution is -2.46. The Labute approximate surface area is 157 Å². The number of phenolic OH excluding ortho intramolecular Hbond substituents is 1. The molecule has 2 saturated carbocycles. The van der Waals surface area contributed by atoms with Crippen molar-refractivity contribution >= 4 is 0 Å². The van der Waals surface area contributed by atoms with Gasteiger partial charge in [0.25, 0.3) is 0 Å². The van der Waals surface area contributed by atoms with Gasteiger partial charge in [-0.1, -0.05) is 13.0 Å². The van der Waals surface area contributed by atoms with Crippen molar-refractivity contribution in [1.29, 1.82) is 0 Å². The number of ether oxygens (including phenoxy) is 2. The summed E-state index contributed by atoms with van der Waals surface area (Å²) in [5.41, 5.74) is 3.22. The monoisotopic (exact) mass is 356 g/mol. The highest BCUT2D eigenvalue weighted by Gasteiger charge is 2.55. The molecule has 1 heterocycles. The number of rotatable bonds is 2. The maximum Gasteiger partial charge on any atom is 0.157 e. The minimum absolute atomic E-state index is 0.0390. The average Bonchev–Trinajstić information content (AvgIpc) is 2.98. The van der Waals surface area contributed by atoms with Crippen LogP contribution in [0, 0.1) is 17.3 Å². The zero-order valence-corrected chi connectivity index (χ0v) is 16.0. The Morgan fingerprint density at radius 2 is 2.04 bits per heavy atom. The molecule has 1 unspecified atom stereocenters. The molecule has 0 radical (unpaired) electrons. The third-order valence-corrected chi connectivity index (χ3v) is 8.08. The molecule has 4 aliphatic rings. The lowest BCUT2D eigenvalue weighted by atomic mass is 9.55. The van der Waals surface area contributed by atoms with Crippen LogP contribution in [0.15, 0.2) is 18.2 Å². The van der Waals surface area contributed by atoms with Gasteiger partial charge in [-0.05, 0) is 104 Å². The molecule has 1 N–H and O–H groups in total. The Kier molecular flexibility index (Phi) is 4.28. The Morgan fingerprint density at radius 3 is 2.88 bits per heavy atom. The third kappa shape index (κ3) is 2.70. The maximum atomic E-state index is 9.84. The van der Waals surface area contributed by atoms with Crippen molar-refractivity contribution in [1.82, 2.24) is 0 Å². The predicted molar refractivity (Wildman–Crippen MR) is 101 cm³/mol. The summed E-state index contributed by atoms with van der Waals surface area (Å²) in [5, 5.41) is 9.84. The molecule has 1 aliphatic heterocycles. The summed E-state index contributed by atoms with van der Waals surface area (Å²) < 4.78 is 12.4. The van der Waals surface area contributed by atoms with Gasteiger partial charge in [0.2, 0.25) is 0 Å². The normalized spacial score (nSPS) is 42.0. The Hall–Kier alpha value is -1.06. The van der Waals surface area contributed by atoms with Crippen LogP contribution in [-0.2, 0) is 15.9 Å². The van der Waals surface area contributed by atoms with E-state index in [4.69, 9.17) is 9.47 Å². The van der Waals surface area contributed by atoms with Crippen molar-refractivity contribution in [3.8, 4) is 5.75 Å². The van der Waals surface area contributed by atoms with Crippen LogP contribution in [0.5, 0.6) is 5.75 Å². The molecular weight excluding hydrogens is 324 g/mol. The Bertz CT molecular complexity index is 665. The van der Waals surface area contributed by atoms with E-state index in [0.717, 1.165) is 31.3 Å². The molecule has 1 aromatic carbocycles. The molecule has 0 bridgehead atoms. The standard InChI is InChI=1S/C23H32O3/c1-23-12-11-18-17-8-6-16(24)14-15(17)5-7-19(18)20(23)9-10-21(23)26-22-4-2-3-13-25-22/h6,8,14,18-22,24H,2-5,7,9-13H2,1H3/t18-,19-,20+,21+,22?,23+/m1/s1. The topological polar surface area (TPSA) is 38.7 Å². The fraction of sp³-hybridized carbons (Fsp3) is 0.739. The molecule has 0 spiro atoms. The van der Waals surface area contributed by atoms with Crippen molar-refractivity contribution in [2.24, 2.45) is 17.3 Å². The number of aryl methyl sites for hydroxylation is 1. The highest BCUT2D eigenvalue weighted by atomic mass is 16.7. The van der Waals surface area contributed by atoms with E-state index in [1.165, 1.54) is 56.1 Å². The van der Waals surface area contributed by atoms with Crippen LogP contribution in [0.3, 0.4) is 0 Å². The van der Waals surface area contributed by atoms with E-state index in [0.29, 0.717) is 23.2 Å². The minimum Gasteiger partial charge on any atom is -0.508 e. The number of hydrogen-bond donors (Lipinski definition) is 1. The van der Waals surface area contributed by atoms with Gasteiger partial charge in [0.05, 0.1) is 6.10 Å². The van der Waals surface area contributed by atoms with Gasteiger partial charge in [0, 0.05) is 6.61 Å². The zero-order valence-electron chi connectivity index (χ0n) is 16.0. The number of benzene rings is 1. The van der Waals surface area contributed by atoms with Crippen LogP contribution in [-0.4, -0.2) is 24.1 Å². The molecule has 26 heavy (non-hydrogen) atoms. The molecule has 1 aromatic rings. The van der Waals surface area contributed by atoms with Crippen molar-refractivity contribution in [2.75, 3.05) is 6.61 Å². The first-order chi connectivity index (χ1) is 12.6. The number of phenols is 1.